The maximum absolute atomic E-state index is 12.9. The lowest BCUT2D eigenvalue weighted by Crippen LogP contribution is -2.06. The van der Waals surface area contributed by atoms with Gasteiger partial charge in [0.15, 0.2) is 32.1 Å². The van der Waals surface area contributed by atoms with Gasteiger partial charge >= 0.3 is 6.61 Å². The van der Waals surface area contributed by atoms with E-state index < -0.39 is 22.3 Å². The summed E-state index contributed by atoms with van der Waals surface area (Å²) < 4.78 is 66.0. The zero-order valence-corrected chi connectivity index (χ0v) is 20.7. The Morgan fingerprint density at radius 1 is 0.921 bits per heavy atom. The molecule has 3 aromatic heterocycles. The molecule has 0 aliphatic carbocycles. The van der Waals surface area contributed by atoms with Gasteiger partial charge in [0.25, 0.3) is 5.88 Å². The molecule has 1 aromatic carbocycles. The number of pyridine rings is 3. The predicted molar refractivity (Wildman–Crippen MR) is 134 cm³/mol. The molecule has 0 amide bonds. The molecule has 3 heterocycles. The van der Waals surface area contributed by atoms with E-state index in [1.54, 1.807) is 24.4 Å². The maximum Gasteiger partial charge on any atom is 0.388 e. The number of anilines is 1. The van der Waals surface area contributed by atoms with Crippen LogP contribution < -0.4 is 19.9 Å². The Balaban J connectivity index is 1.74. The van der Waals surface area contributed by atoms with Gasteiger partial charge in [-0.2, -0.15) is 8.78 Å². The lowest BCUT2D eigenvalue weighted by Gasteiger charge is -2.15. The fourth-order valence-corrected chi connectivity index (χ4v) is 3.83. The van der Waals surface area contributed by atoms with E-state index in [-0.39, 0.29) is 39.5 Å². The first-order valence-corrected chi connectivity index (χ1v) is 12.7. The minimum Gasteiger partial charge on any atom is -0.452 e. The number of alkyl halides is 2. The fourth-order valence-electron chi connectivity index (χ4n) is 3.04. The van der Waals surface area contributed by atoms with Crippen LogP contribution in [0.15, 0.2) is 78.2 Å². The number of hydrogen-bond donors (Lipinski definition) is 1. The van der Waals surface area contributed by atoms with Crippen molar-refractivity contribution in [2.24, 2.45) is 0 Å². The van der Waals surface area contributed by atoms with E-state index in [4.69, 9.17) is 15.2 Å². The summed E-state index contributed by atoms with van der Waals surface area (Å²) in [7, 11) is -3.51. The summed E-state index contributed by atoms with van der Waals surface area (Å²) in [6.45, 7) is -1.61. The minimum atomic E-state index is -3.51. The smallest absolute Gasteiger partial charge is 0.388 e. The molecule has 0 saturated carbocycles. The molecule has 0 spiro atoms. The zero-order valence-electron chi connectivity index (χ0n) is 19.8. The molecule has 4 aromatic rings. The van der Waals surface area contributed by atoms with Crippen LogP contribution in [-0.4, -0.2) is 35.7 Å². The molecule has 0 unspecified atom stereocenters. The van der Waals surface area contributed by atoms with Crippen molar-refractivity contribution < 1.29 is 31.4 Å². The van der Waals surface area contributed by atoms with E-state index in [0.29, 0.717) is 11.3 Å². The molecule has 0 atom stereocenters. The molecule has 0 fully saturated rings. The monoisotopic (exact) mass is 538 g/mol. The van der Waals surface area contributed by atoms with Crippen molar-refractivity contribution >= 4 is 15.5 Å². The van der Waals surface area contributed by atoms with Gasteiger partial charge in [-0.1, -0.05) is 18.9 Å². The number of rotatable bonds is 8. The topological polar surface area (TPSA) is 127 Å². The average Bonchev–Trinajstić information content (AvgIpc) is 2.91. The summed E-state index contributed by atoms with van der Waals surface area (Å²) in [5.41, 5.74) is 7.28. The van der Waals surface area contributed by atoms with E-state index in [1.165, 1.54) is 55.7 Å². The highest BCUT2D eigenvalue weighted by Gasteiger charge is 2.18. The third kappa shape index (κ3) is 6.51. The van der Waals surface area contributed by atoms with Gasteiger partial charge < -0.3 is 19.9 Å². The van der Waals surface area contributed by atoms with Crippen LogP contribution in [0.1, 0.15) is 18.2 Å². The predicted octanol–water partition coefficient (Wildman–Crippen LogP) is 4.83. The van der Waals surface area contributed by atoms with Crippen LogP contribution in [0.4, 0.5) is 14.5 Å². The first kappa shape index (κ1) is 26.3. The SMILES string of the molecule is CCS(=O)(=O)c1ccc(Oc2cc(C#Cc3ccccn3)c(N)cc2Oc2cccnc2OC(F)F)cn1. The highest BCUT2D eigenvalue weighted by atomic mass is 32.2. The van der Waals surface area contributed by atoms with E-state index in [2.05, 4.69) is 31.5 Å². The van der Waals surface area contributed by atoms with Gasteiger partial charge in [0.05, 0.1) is 23.2 Å². The van der Waals surface area contributed by atoms with Crippen molar-refractivity contribution in [1.82, 2.24) is 15.0 Å². The second-order valence-corrected chi connectivity index (χ2v) is 9.70. The lowest BCUT2D eigenvalue weighted by atomic mass is 10.1. The number of benzene rings is 1. The third-order valence-electron chi connectivity index (χ3n) is 4.90. The number of nitrogen functional groups attached to an aromatic ring is 1. The third-order valence-corrected chi connectivity index (χ3v) is 6.54. The van der Waals surface area contributed by atoms with E-state index in [9.17, 15) is 17.2 Å². The van der Waals surface area contributed by atoms with Gasteiger partial charge in [-0.25, -0.2) is 23.4 Å². The lowest BCUT2D eigenvalue weighted by molar-refractivity contribution is -0.0541. The summed E-state index contributed by atoms with van der Waals surface area (Å²) in [5.74, 6) is 5.43. The molecule has 12 heteroatoms. The Hall–Kier alpha value is -4.76. The highest BCUT2D eigenvalue weighted by Crippen LogP contribution is 2.40. The van der Waals surface area contributed by atoms with Crippen molar-refractivity contribution in [3.05, 3.63) is 84.4 Å². The number of nitrogens with two attached hydrogens (primary N) is 1. The number of sulfone groups is 1. The van der Waals surface area contributed by atoms with Crippen LogP contribution in [0.5, 0.6) is 28.9 Å². The zero-order chi connectivity index (χ0) is 27.1. The molecule has 194 valence electrons. The first-order valence-electron chi connectivity index (χ1n) is 11.1. The average molecular weight is 539 g/mol. The van der Waals surface area contributed by atoms with Gasteiger partial charge in [-0.05, 0) is 42.3 Å². The quantitative estimate of drug-likeness (QED) is 0.248. The molecule has 0 radical (unpaired) electrons. The standard InChI is InChI=1S/C26H20F2N4O5S/c1-2-38(33,34)24-11-10-19(16-32-24)35-22-14-17(8-9-18-6-3-4-12-30-18)20(29)15-23(22)36-21-7-5-13-31-25(21)37-26(27)28/h3-7,10-16,26H,2,29H2,1H3. The number of hydrogen-bond acceptors (Lipinski definition) is 9. The molecule has 0 aliphatic heterocycles. The number of ether oxygens (including phenoxy) is 3. The van der Waals surface area contributed by atoms with E-state index in [1.807, 2.05) is 0 Å². The Morgan fingerprint density at radius 2 is 1.71 bits per heavy atom. The Labute approximate surface area is 217 Å². The molecule has 4 rings (SSSR count). The second-order valence-electron chi connectivity index (χ2n) is 7.48. The van der Waals surface area contributed by atoms with E-state index in [0.717, 1.165) is 0 Å². The number of aromatic nitrogens is 3. The van der Waals surface area contributed by atoms with Crippen LogP contribution >= 0.6 is 0 Å². The van der Waals surface area contributed by atoms with Crippen LogP contribution in [0.25, 0.3) is 0 Å². The molecule has 2 N–H and O–H groups in total. The van der Waals surface area contributed by atoms with Crippen LogP contribution in [0, 0.1) is 11.8 Å². The Bertz CT molecular complexity index is 1590. The molecule has 38 heavy (non-hydrogen) atoms. The van der Waals surface area contributed by atoms with Gasteiger partial charge in [0.2, 0.25) is 0 Å². The largest absolute Gasteiger partial charge is 0.452 e. The normalized spacial score (nSPS) is 10.9. The molecular weight excluding hydrogens is 518 g/mol. The van der Waals surface area contributed by atoms with Crippen LogP contribution in [-0.2, 0) is 9.84 Å². The summed E-state index contributed by atoms with van der Waals surface area (Å²) in [6, 6.07) is 13.7. The van der Waals surface area contributed by atoms with Crippen molar-refractivity contribution in [3.8, 4) is 40.7 Å². The first-order chi connectivity index (χ1) is 18.2. The van der Waals surface area contributed by atoms with Gasteiger partial charge in [-0.3, -0.25) is 0 Å². The molecule has 9 nitrogen and oxygen atoms in total. The minimum absolute atomic E-state index is 0.0308. The van der Waals surface area contributed by atoms with E-state index >= 15 is 0 Å². The van der Waals surface area contributed by atoms with Crippen molar-refractivity contribution in [1.29, 1.82) is 0 Å². The van der Waals surface area contributed by atoms with Crippen LogP contribution in [0.3, 0.4) is 0 Å². The van der Waals surface area contributed by atoms with Crippen molar-refractivity contribution in [2.75, 3.05) is 11.5 Å². The highest BCUT2D eigenvalue weighted by molar-refractivity contribution is 7.91. The molecule has 0 saturated heterocycles. The summed E-state index contributed by atoms with van der Waals surface area (Å²) in [5, 5.41) is -0.104. The summed E-state index contributed by atoms with van der Waals surface area (Å²) in [4.78, 5) is 11.9. The molecule has 0 aliphatic rings. The molecular formula is C26H20F2N4O5S. The molecule has 0 bridgehead atoms. The number of halogens is 2. The maximum atomic E-state index is 12.9. The van der Waals surface area contributed by atoms with Gasteiger partial charge in [0.1, 0.15) is 11.4 Å². The Morgan fingerprint density at radius 3 is 2.39 bits per heavy atom. The Kier molecular flexibility index (Phi) is 7.98. The van der Waals surface area contributed by atoms with Crippen molar-refractivity contribution in [3.63, 3.8) is 0 Å². The van der Waals surface area contributed by atoms with Crippen molar-refractivity contribution in [2.45, 2.75) is 18.6 Å². The van der Waals surface area contributed by atoms with Crippen LogP contribution in [0.2, 0.25) is 0 Å². The van der Waals surface area contributed by atoms with Gasteiger partial charge in [0, 0.05) is 24.5 Å². The van der Waals surface area contributed by atoms with Gasteiger partial charge in [-0.15, -0.1) is 0 Å². The fraction of sp³-hybridized carbons (Fsp3) is 0.115. The summed E-state index contributed by atoms with van der Waals surface area (Å²) in [6.07, 6.45) is 4.10. The second kappa shape index (κ2) is 11.5. The number of nitrogens with zero attached hydrogens (tertiary/aromatic N) is 3. The summed E-state index contributed by atoms with van der Waals surface area (Å²) >= 11 is 0.